The number of hydrogen-bond donors (Lipinski definition) is 3. The summed E-state index contributed by atoms with van der Waals surface area (Å²) in [5.74, 6) is 1.71. The highest BCUT2D eigenvalue weighted by Crippen LogP contribution is 2.26. The largest absolute Gasteiger partial charge is 0.497 e. The summed E-state index contributed by atoms with van der Waals surface area (Å²) < 4.78 is 5.32. The smallest absolute Gasteiger partial charge is 0.221 e. The van der Waals surface area contributed by atoms with Gasteiger partial charge in [-0.2, -0.15) is 0 Å². The monoisotopic (exact) mass is 417 g/mol. The molecule has 1 amide bonds. The van der Waals surface area contributed by atoms with Crippen molar-refractivity contribution in [3.63, 3.8) is 0 Å². The van der Waals surface area contributed by atoms with E-state index in [9.17, 15) is 4.79 Å². The number of amides is 1. The number of methoxy groups -OCH3 is 1. The number of carbonyl (C=O) groups excluding carboxylic acids is 1. The minimum absolute atomic E-state index is 0.0737. The van der Waals surface area contributed by atoms with Crippen LogP contribution in [0.3, 0.4) is 0 Å². The van der Waals surface area contributed by atoms with Crippen LogP contribution in [0.1, 0.15) is 57.6 Å². The van der Waals surface area contributed by atoms with E-state index in [1.54, 1.807) is 7.11 Å². The van der Waals surface area contributed by atoms with E-state index in [0.717, 1.165) is 44.3 Å². The Labute approximate surface area is 181 Å². The van der Waals surface area contributed by atoms with Crippen molar-refractivity contribution in [2.45, 2.75) is 52.0 Å². The number of nitrogens with one attached hydrogen (secondary N) is 3. The molecule has 1 unspecified atom stereocenters. The summed E-state index contributed by atoms with van der Waals surface area (Å²) in [4.78, 5) is 19.2. The number of ether oxygens (including phenoxy) is 1. The number of guanidine groups is 1. The first kappa shape index (κ1) is 24.0. The third kappa shape index (κ3) is 8.22. The molecule has 0 aromatic heterocycles. The summed E-state index contributed by atoms with van der Waals surface area (Å²) in [6.07, 6.45) is 5.17. The van der Waals surface area contributed by atoms with E-state index < -0.39 is 0 Å². The van der Waals surface area contributed by atoms with Crippen molar-refractivity contribution in [1.82, 2.24) is 20.9 Å². The number of likely N-dealkylation sites (tertiary alicyclic amines) is 1. The lowest BCUT2D eigenvalue weighted by Crippen LogP contribution is -2.41. The molecular weight excluding hydrogens is 378 g/mol. The SMILES string of the molecule is CCCNC(=O)CCNC(=NCC(c1ccc(OC)cc1)N1CCCCC1)NCC. The first-order chi connectivity index (χ1) is 14.7. The molecule has 1 fully saturated rings. The van der Waals surface area contributed by atoms with Gasteiger partial charge in [-0.15, -0.1) is 0 Å². The lowest BCUT2D eigenvalue weighted by Gasteiger charge is -2.34. The Kier molecular flexibility index (Phi) is 11.1. The number of rotatable bonds is 11. The van der Waals surface area contributed by atoms with Crippen molar-refractivity contribution < 1.29 is 9.53 Å². The standard InChI is InChI=1S/C23H39N5O2/c1-4-14-25-22(29)13-15-26-23(24-5-2)27-18-21(28-16-7-6-8-17-28)19-9-11-20(30-3)12-10-19/h9-12,21H,4-8,13-18H2,1-3H3,(H,25,29)(H2,24,26,27). The lowest BCUT2D eigenvalue weighted by molar-refractivity contribution is -0.120. The summed E-state index contributed by atoms with van der Waals surface area (Å²) in [6.45, 7) is 9.06. The molecule has 1 atom stereocenters. The highest BCUT2D eigenvalue weighted by Gasteiger charge is 2.22. The zero-order chi connectivity index (χ0) is 21.6. The second-order valence-corrected chi connectivity index (χ2v) is 7.63. The number of benzene rings is 1. The van der Waals surface area contributed by atoms with E-state index in [1.807, 2.05) is 12.1 Å². The summed E-state index contributed by atoms with van der Waals surface area (Å²) in [6, 6.07) is 8.57. The molecule has 1 aromatic rings. The van der Waals surface area contributed by atoms with E-state index in [0.29, 0.717) is 19.5 Å². The van der Waals surface area contributed by atoms with Crippen molar-refractivity contribution in [2.75, 3.05) is 46.4 Å². The van der Waals surface area contributed by atoms with Gasteiger partial charge < -0.3 is 20.7 Å². The number of hydrogen-bond acceptors (Lipinski definition) is 4. The lowest BCUT2D eigenvalue weighted by atomic mass is 10.0. The van der Waals surface area contributed by atoms with Gasteiger partial charge in [-0.25, -0.2) is 0 Å². The number of carbonyl (C=O) groups is 1. The zero-order valence-electron chi connectivity index (χ0n) is 18.9. The van der Waals surface area contributed by atoms with Gasteiger partial charge in [-0.3, -0.25) is 14.7 Å². The molecule has 1 heterocycles. The van der Waals surface area contributed by atoms with E-state index in [2.05, 4.69) is 46.8 Å². The first-order valence-corrected chi connectivity index (χ1v) is 11.3. The molecule has 7 heteroatoms. The fraction of sp³-hybridized carbons (Fsp3) is 0.652. The molecular formula is C23H39N5O2. The highest BCUT2D eigenvalue weighted by molar-refractivity contribution is 5.81. The molecule has 0 aliphatic carbocycles. The van der Waals surface area contributed by atoms with Crippen LogP contribution >= 0.6 is 0 Å². The predicted molar refractivity (Wildman–Crippen MR) is 123 cm³/mol. The van der Waals surface area contributed by atoms with E-state index in [-0.39, 0.29) is 11.9 Å². The molecule has 30 heavy (non-hydrogen) atoms. The van der Waals surface area contributed by atoms with Crippen LogP contribution in [0.2, 0.25) is 0 Å². The first-order valence-electron chi connectivity index (χ1n) is 11.3. The fourth-order valence-corrected chi connectivity index (χ4v) is 3.65. The molecule has 168 valence electrons. The normalized spacial score (nSPS) is 16.0. The van der Waals surface area contributed by atoms with Gasteiger partial charge in [0.05, 0.1) is 19.7 Å². The maximum atomic E-state index is 11.8. The van der Waals surface area contributed by atoms with Crippen molar-refractivity contribution >= 4 is 11.9 Å². The average Bonchev–Trinajstić information content (AvgIpc) is 2.79. The number of aliphatic imine (C=N–C) groups is 1. The average molecular weight is 418 g/mol. The van der Waals surface area contributed by atoms with Gasteiger partial charge in [0.2, 0.25) is 5.91 Å². The topological polar surface area (TPSA) is 78.0 Å². The van der Waals surface area contributed by atoms with Gasteiger partial charge in [0.25, 0.3) is 0 Å². The molecule has 1 saturated heterocycles. The van der Waals surface area contributed by atoms with Crippen LogP contribution < -0.4 is 20.7 Å². The molecule has 3 N–H and O–H groups in total. The maximum Gasteiger partial charge on any atom is 0.221 e. The Balaban J connectivity index is 2.02. The molecule has 1 aliphatic heterocycles. The summed E-state index contributed by atoms with van der Waals surface area (Å²) in [7, 11) is 1.69. The number of nitrogens with zero attached hydrogens (tertiary/aromatic N) is 2. The van der Waals surface area contributed by atoms with Crippen LogP contribution in [0.5, 0.6) is 5.75 Å². The van der Waals surface area contributed by atoms with Crippen molar-refractivity contribution in [3.8, 4) is 5.75 Å². The highest BCUT2D eigenvalue weighted by atomic mass is 16.5. The minimum atomic E-state index is 0.0737. The van der Waals surface area contributed by atoms with Gasteiger partial charge in [0, 0.05) is 26.1 Å². The van der Waals surface area contributed by atoms with Crippen LogP contribution in [0.15, 0.2) is 29.3 Å². The maximum absolute atomic E-state index is 11.8. The van der Waals surface area contributed by atoms with Gasteiger partial charge in [0.15, 0.2) is 5.96 Å². The second kappa shape index (κ2) is 13.9. The Hall–Kier alpha value is -2.28. The van der Waals surface area contributed by atoms with E-state index in [1.165, 1.54) is 24.8 Å². The van der Waals surface area contributed by atoms with Crippen molar-refractivity contribution in [2.24, 2.45) is 4.99 Å². The van der Waals surface area contributed by atoms with Crippen LogP contribution in [-0.4, -0.2) is 63.1 Å². The second-order valence-electron chi connectivity index (χ2n) is 7.63. The van der Waals surface area contributed by atoms with Gasteiger partial charge in [0.1, 0.15) is 5.75 Å². The number of piperidine rings is 1. The molecule has 0 radical (unpaired) electrons. The molecule has 7 nitrogen and oxygen atoms in total. The van der Waals surface area contributed by atoms with Gasteiger partial charge in [-0.05, 0) is 57.0 Å². The predicted octanol–water partition coefficient (Wildman–Crippen LogP) is 2.69. The summed E-state index contributed by atoms with van der Waals surface area (Å²) in [5, 5.41) is 9.50. The summed E-state index contributed by atoms with van der Waals surface area (Å²) in [5.41, 5.74) is 1.26. The quantitative estimate of drug-likeness (QED) is 0.381. The minimum Gasteiger partial charge on any atom is -0.497 e. The van der Waals surface area contributed by atoms with Gasteiger partial charge in [-0.1, -0.05) is 25.5 Å². The Morgan fingerprint density at radius 2 is 1.80 bits per heavy atom. The van der Waals surface area contributed by atoms with Gasteiger partial charge >= 0.3 is 0 Å². The Bertz CT molecular complexity index is 641. The molecule has 0 bridgehead atoms. The van der Waals surface area contributed by atoms with Crippen molar-refractivity contribution in [3.05, 3.63) is 29.8 Å². The Morgan fingerprint density at radius 3 is 2.43 bits per heavy atom. The molecule has 0 spiro atoms. The van der Waals surface area contributed by atoms with Crippen LogP contribution in [0.25, 0.3) is 0 Å². The Morgan fingerprint density at radius 1 is 1.07 bits per heavy atom. The zero-order valence-corrected chi connectivity index (χ0v) is 18.9. The van der Waals surface area contributed by atoms with E-state index >= 15 is 0 Å². The third-order valence-electron chi connectivity index (χ3n) is 5.32. The fourth-order valence-electron chi connectivity index (χ4n) is 3.65. The summed E-state index contributed by atoms with van der Waals surface area (Å²) >= 11 is 0. The van der Waals surface area contributed by atoms with Crippen LogP contribution in [0, 0.1) is 0 Å². The third-order valence-corrected chi connectivity index (χ3v) is 5.32. The molecule has 1 aromatic carbocycles. The molecule has 2 rings (SSSR count). The van der Waals surface area contributed by atoms with E-state index in [4.69, 9.17) is 9.73 Å². The molecule has 0 saturated carbocycles. The van der Waals surface area contributed by atoms with Crippen molar-refractivity contribution in [1.29, 1.82) is 0 Å². The molecule has 1 aliphatic rings. The van der Waals surface area contributed by atoms with Crippen LogP contribution in [-0.2, 0) is 4.79 Å². The van der Waals surface area contributed by atoms with Crippen LogP contribution in [0.4, 0.5) is 0 Å².